The third-order valence-electron chi connectivity index (χ3n) is 5.39. The SMILES string of the molecule is C/C=C\C(=C/CC)NC(=O)C1(C(=O)Nc2ccc(Oc3ccc4nc(C)sc4n3)c(F)c2)CC1. The van der Waals surface area contributed by atoms with Gasteiger partial charge < -0.3 is 15.4 Å². The number of allylic oxidation sites excluding steroid dienone is 3. The van der Waals surface area contributed by atoms with Crippen LogP contribution in [0.25, 0.3) is 10.3 Å². The molecule has 1 fully saturated rings. The fourth-order valence-electron chi connectivity index (χ4n) is 3.48. The van der Waals surface area contributed by atoms with Crippen LogP contribution in [0.3, 0.4) is 0 Å². The molecule has 0 atom stereocenters. The number of rotatable bonds is 8. The number of anilines is 1. The molecule has 2 aromatic heterocycles. The van der Waals surface area contributed by atoms with Gasteiger partial charge in [0.05, 0.1) is 5.01 Å². The Labute approximate surface area is 200 Å². The lowest BCUT2D eigenvalue weighted by Crippen LogP contribution is -2.39. The monoisotopic (exact) mass is 480 g/mol. The number of carbonyl (C=O) groups is 2. The number of aromatic nitrogens is 2. The molecule has 1 aliphatic carbocycles. The standard InChI is InChI=1S/C25H25FN4O3S/c1-4-6-16(7-5-2)28-23(31)25(12-13-25)24(32)29-17-8-10-20(18(26)14-17)33-21-11-9-19-22(30-21)34-15(3)27-19/h4,6-11,14H,5,12-13H2,1-3H3,(H,28,31)(H,29,32)/b6-4-,16-7+. The summed E-state index contributed by atoms with van der Waals surface area (Å²) in [4.78, 5) is 35.1. The Morgan fingerprint density at radius 1 is 1.21 bits per heavy atom. The van der Waals surface area contributed by atoms with Crippen LogP contribution in [0.15, 0.2) is 54.3 Å². The van der Waals surface area contributed by atoms with Gasteiger partial charge in [-0.15, -0.1) is 0 Å². The Morgan fingerprint density at radius 3 is 2.68 bits per heavy atom. The molecule has 9 heteroatoms. The Kier molecular flexibility index (Phi) is 6.74. The first kappa shape index (κ1) is 23.6. The first-order chi connectivity index (χ1) is 16.3. The lowest BCUT2D eigenvalue weighted by molar-refractivity contribution is -0.133. The molecule has 7 nitrogen and oxygen atoms in total. The highest BCUT2D eigenvalue weighted by Gasteiger charge is 2.56. The molecular formula is C25H25FN4O3S. The minimum atomic E-state index is -1.15. The summed E-state index contributed by atoms with van der Waals surface area (Å²) >= 11 is 1.43. The number of nitrogens with zero attached hydrogens (tertiary/aromatic N) is 2. The predicted octanol–water partition coefficient (Wildman–Crippen LogP) is 5.64. The van der Waals surface area contributed by atoms with Gasteiger partial charge in [0.1, 0.15) is 15.8 Å². The highest BCUT2D eigenvalue weighted by atomic mass is 32.1. The zero-order valence-electron chi connectivity index (χ0n) is 19.1. The van der Waals surface area contributed by atoms with E-state index in [4.69, 9.17) is 4.74 Å². The molecule has 4 rings (SSSR count). The Morgan fingerprint density at radius 2 is 2.00 bits per heavy atom. The topological polar surface area (TPSA) is 93.2 Å². The summed E-state index contributed by atoms with van der Waals surface area (Å²) in [5.74, 6) is -1.25. The molecule has 0 radical (unpaired) electrons. The molecule has 0 spiro atoms. The third-order valence-corrected chi connectivity index (χ3v) is 6.27. The van der Waals surface area contributed by atoms with Crippen molar-refractivity contribution in [3.05, 3.63) is 65.1 Å². The predicted molar refractivity (Wildman–Crippen MR) is 130 cm³/mol. The molecule has 0 bridgehead atoms. The molecule has 1 saturated carbocycles. The van der Waals surface area contributed by atoms with Crippen molar-refractivity contribution in [2.75, 3.05) is 5.32 Å². The molecule has 3 aromatic rings. The molecule has 34 heavy (non-hydrogen) atoms. The Bertz CT molecular complexity index is 1310. The number of aryl methyl sites for hydroxylation is 1. The maximum Gasteiger partial charge on any atom is 0.240 e. The van der Waals surface area contributed by atoms with Crippen molar-refractivity contribution in [2.24, 2.45) is 5.41 Å². The number of fused-ring (bicyclic) bond motifs is 1. The summed E-state index contributed by atoms with van der Waals surface area (Å²) in [5.41, 5.74) is 0.510. The van der Waals surface area contributed by atoms with Crippen LogP contribution in [0.1, 0.15) is 38.1 Å². The van der Waals surface area contributed by atoms with Crippen LogP contribution in [-0.4, -0.2) is 21.8 Å². The van der Waals surface area contributed by atoms with Gasteiger partial charge in [-0.3, -0.25) is 9.59 Å². The quantitative estimate of drug-likeness (QED) is 0.322. The van der Waals surface area contributed by atoms with E-state index < -0.39 is 17.1 Å². The van der Waals surface area contributed by atoms with Crippen molar-refractivity contribution >= 4 is 39.2 Å². The van der Waals surface area contributed by atoms with E-state index in [-0.39, 0.29) is 23.2 Å². The lowest BCUT2D eigenvalue weighted by Gasteiger charge is -2.16. The smallest absolute Gasteiger partial charge is 0.240 e. The van der Waals surface area contributed by atoms with Gasteiger partial charge in [-0.25, -0.2) is 14.4 Å². The molecule has 176 valence electrons. The van der Waals surface area contributed by atoms with Gasteiger partial charge >= 0.3 is 0 Å². The Balaban J connectivity index is 1.43. The van der Waals surface area contributed by atoms with Crippen LogP contribution < -0.4 is 15.4 Å². The van der Waals surface area contributed by atoms with Crippen molar-refractivity contribution < 1.29 is 18.7 Å². The zero-order valence-corrected chi connectivity index (χ0v) is 20.0. The van der Waals surface area contributed by atoms with Gasteiger partial charge in [0, 0.05) is 23.5 Å². The summed E-state index contributed by atoms with van der Waals surface area (Å²) in [6.07, 6.45) is 7.11. The van der Waals surface area contributed by atoms with Gasteiger partial charge in [-0.2, -0.15) is 0 Å². The summed E-state index contributed by atoms with van der Waals surface area (Å²) in [7, 11) is 0. The van der Waals surface area contributed by atoms with Crippen molar-refractivity contribution in [2.45, 2.75) is 40.0 Å². The fraction of sp³-hybridized carbons (Fsp3) is 0.280. The maximum atomic E-state index is 14.7. The summed E-state index contributed by atoms with van der Waals surface area (Å²) < 4.78 is 20.3. The second-order valence-corrected chi connectivity index (χ2v) is 9.19. The van der Waals surface area contributed by atoms with E-state index in [2.05, 4.69) is 20.6 Å². The first-order valence-corrected chi connectivity index (χ1v) is 11.8. The molecular weight excluding hydrogens is 455 g/mol. The number of pyridine rings is 1. The number of hydrogen-bond acceptors (Lipinski definition) is 6. The highest BCUT2D eigenvalue weighted by molar-refractivity contribution is 7.18. The zero-order chi connectivity index (χ0) is 24.3. The normalized spacial score (nSPS) is 14.9. The first-order valence-electron chi connectivity index (χ1n) is 11.0. The molecule has 0 aliphatic heterocycles. The van der Waals surface area contributed by atoms with E-state index in [1.54, 1.807) is 18.2 Å². The van der Waals surface area contributed by atoms with Crippen LogP contribution in [0.2, 0.25) is 0 Å². The van der Waals surface area contributed by atoms with E-state index in [9.17, 15) is 14.0 Å². The van der Waals surface area contributed by atoms with Gasteiger partial charge in [0.25, 0.3) is 0 Å². The summed E-state index contributed by atoms with van der Waals surface area (Å²) in [6, 6.07) is 7.51. The number of benzene rings is 1. The number of thiazole rings is 1. The molecule has 0 saturated heterocycles. The average molecular weight is 481 g/mol. The minimum absolute atomic E-state index is 0.0225. The molecule has 0 unspecified atom stereocenters. The van der Waals surface area contributed by atoms with Crippen LogP contribution in [0, 0.1) is 18.2 Å². The van der Waals surface area contributed by atoms with E-state index in [0.29, 0.717) is 23.4 Å². The number of nitrogens with one attached hydrogen (secondary N) is 2. The number of amides is 2. The summed E-state index contributed by atoms with van der Waals surface area (Å²) in [6.45, 7) is 5.70. The number of hydrogen-bond donors (Lipinski definition) is 2. The van der Waals surface area contributed by atoms with E-state index in [1.807, 2.05) is 32.9 Å². The van der Waals surface area contributed by atoms with Crippen LogP contribution >= 0.6 is 11.3 Å². The summed E-state index contributed by atoms with van der Waals surface area (Å²) in [5, 5.41) is 6.37. The van der Waals surface area contributed by atoms with Gasteiger partial charge in [-0.05, 0) is 57.4 Å². The number of carbonyl (C=O) groups excluding carboxylic acids is 2. The lowest BCUT2D eigenvalue weighted by atomic mass is 10.0. The van der Waals surface area contributed by atoms with Crippen molar-refractivity contribution in [1.29, 1.82) is 0 Å². The van der Waals surface area contributed by atoms with Crippen molar-refractivity contribution in [3.63, 3.8) is 0 Å². The average Bonchev–Trinajstić information content (AvgIpc) is 3.52. The number of ether oxygens (including phenoxy) is 1. The second-order valence-electron chi connectivity index (χ2n) is 8.01. The highest BCUT2D eigenvalue weighted by Crippen LogP contribution is 2.47. The maximum absolute atomic E-state index is 14.7. The van der Waals surface area contributed by atoms with Crippen molar-refractivity contribution in [3.8, 4) is 11.6 Å². The Hall–Kier alpha value is -3.59. The van der Waals surface area contributed by atoms with Gasteiger partial charge in [0.2, 0.25) is 17.7 Å². The fourth-order valence-corrected chi connectivity index (χ4v) is 4.26. The molecule has 1 aliphatic rings. The van der Waals surface area contributed by atoms with Crippen LogP contribution in [-0.2, 0) is 9.59 Å². The van der Waals surface area contributed by atoms with Gasteiger partial charge in [-0.1, -0.05) is 30.4 Å². The molecule has 2 amide bonds. The van der Waals surface area contributed by atoms with Crippen LogP contribution in [0.4, 0.5) is 10.1 Å². The molecule has 2 heterocycles. The van der Waals surface area contributed by atoms with Crippen molar-refractivity contribution in [1.82, 2.24) is 15.3 Å². The second kappa shape index (κ2) is 9.72. The largest absolute Gasteiger partial charge is 0.436 e. The number of halogens is 1. The molecule has 2 N–H and O–H groups in total. The van der Waals surface area contributed by atoms with E-state index >= 15 is 0 Å². The van der Waals surface area contributed by atoms with E-state index in [1.165, 1.54) is 29.5 Å². The van der Waals surface area contributed by atoms with Crippen LogP contribution in [0.5, 0.6) is 11.6 Å². The van der Waals surface area contributed by atoms with E-state index in [0.717, 1.165) is 16.9 Å². The minimum Gasteiger partial charge on any atom is -0.436 e. The molecule has 1 aromatic carbocycles. The third kappa shape index (κ3) is 4.99. The van der Waals surface area contributed by atoms with Gasteiger partial charge in [0.15, 0.2) is 11.6 Å².